The maximum Gasteiger partial charge on any atom is 0.0584 e. The van der Waals surface area contributed by atoms with Crippen molar-refractivity contribution in [1.82, 2.24) is 4.90 Å². The second-order valence-electron chi connectivity index (χ2n) is 2.33. The Morgan fingerprint density at radius 3 is 2.70 bits per heavy atom. The number of hydrogen-bond donors (Lipinski definition) is 1. The van der Waals surface area contributed by atoms with Crippen LogP contribution in [0, 0.1) is 0 Å². The molecule has 0 radical (unpaired) electrons. The zero-order valence-electron chi connectivity index (χ0n) is 6.42. The van der Waals surface area contributed by atoms with Gasteiger partial charge < -0.3 is 5.11 Å². The molecule has 2 nitrogen and oxygen atoms in total. The summed E-state index contributed by atoms with van der Waals surface area (Å²) in [4.78, 5) is 2.01. The third-order valence-electron chi connectivity index (χ3n) is 1.50. The fourth-order valence-corrected chi connectivity index (χ4v) is 0.605. The SMILES string of the molecule is CC(CO)N(C)C/C=C/Cl. The van der Waals surface area contributed by atoms with Crippen molar-refractivity contribution in [3.63, 3.8) is 0 Å². The minimum Gasteiger partial charge on any atom is -0.395 e. The van der Waals surface area contributed by atoms with Gasteiger partial charge in [-0.15, -0.1) is 0 Å². The maximum absolute atomic E-state index is 8.71. The van der Waals surface area contributed by atoms with Crippen LogP contribution in [0.15, 0.2) is 11.6 Å². The van der Waals surface area contributed by atoms with Gasteiger partial charge in [0.1, 0.15) is 0 Å². The predicted molar refractivity (Wildman–Crippen MR) is 44.2 cm³/mol. The van der Waals surface area contributed by atoms with E-state index in [1.165, 1.54) is 5.54 Å². The van der Waals surface area contributed by atoms with Crippen LogP contribution < -0.4 is 0 Å². The monoisotopic (exact) mass is 163 g/mol. The summed E-state index contributed by atoms with van der Waals surface area (Å²) in [5, 5.41) is 8.71. The molecule has 3 heteroatoms. The van der Waals surface area contributed by atoms with E-state index >= 15 is 0 Å². The fraction of sp³-hybridized carbons (Fsp3) is 0.714. The van der Waals surface area contributed by atoms with Crippen molar-refractivity contribution in [2.24, 2.45) is 0 Å². The molecule has 0 aromatic carbocycles. The van der Waals surface area contributed by atoms with E-state index in [9.17, 15) is 0 Å². The van der Waals surface area contributed by atoms with Crippen LogP contribution >= 0.6 is 11.6 Å². The van der Waals surface area contributed by atoms with Gasteiger partial charge in [-0.05, 0) is 14.0 Å². The second-order valence-corrected chi connectivity index (χ2v) is 2.58. The Bertz CT molecular complexity index is 106. The lowest BCUT2D eigenvalue weighted by Crippen LogP contribution is -2.31. The zero-order chi connectivity index (χ0) is 7.98. The quantitative estimate of drug-likeness (QED) is 0.670. The summed E-state index contributed by atoms with van der Waals surface area (Å²) in [6, 6.07) is 0.202. The highest BCUT2D eigenvalue weighted by molar-refractivity contribution is 6.25. The Kier molecular flexibility index (Phi) is 5.69. The van der Waals surface area contributed by atoms with E-state index in [2.05, 4.69) is 0 Å². The van der Waals surface area contributed by atoms with E-state index < -0.39 is 0 Å². The molecule has 1 N–H and O–H groups in total. The van der Waals surface area contributed by atoms with Gasteiger partial charge in [0.25, 0.3) is 0 Å². The molecule has 0 saturated heterocycles. The number of hydrogen-bond acceptors (Lipinski definition) is 2. The zero-order valence-corrected chi connectivity index (χ0v) is 7.17. The highest BCUT2D eigenvalue weighted by atomic mass is 35.5. The number of rotatable bonds is 4. The highest BCUT2D eigenvalue weighted by Crippen LogP contribution is 1.93. The molecule has 0 amide bonds. The first kappa shape index (κ1) is 9.95. The van der Waals surface area contributed by atoms with E-state index in [4.69, 9.17) is 16.7 Å². The van der Waals surface area contributed by atoms with Gasteiger partial charge in [0.15, 0.2) is 0 Å². The molecule has 60 valence electrons. The molecule has 10 heavy (non-hydrogen) atoms. The summed E-state index contributed by atoms with van der Waals surface area (Å²) < 4.78 is 0. The number of aliphatic hydroxyl groups is 1. The lowest BCUT2D eigenvalue weighted by atomic mass is 10.3. The molecule has 0 rings (SSSR count). The molecule has 0 fully saturated rings. The van der Waals surface area contributed by atoms with Crippen molar-refractivity contribution >= 4 is 11.6 Å². The average molecular weight is 164 g/mol. The summed E-state index contributed by atoms with van der Waals surface area (Å²) in [5.41, 5.74) is 1.49. The number of nitrogens with zero attached hydrogens (tertiary/aromatic N) is 1. The van der Waals surface area contributed by atoms with Gasteiger partial charge in [-0.1, -0.05) is 17.7 Å². The maximum atomic E-state index is 8.71. The first-order valence-corrected chi connectivity index (χ1v) is 3.72. The Hall–Kier alpha value is -0.0500. The largest absolute Gasteiger partial charge is 0.395 e. The van der Waals surface area contributed by atoms with Crippen LogP contribution in [0.2, 0.25) is 0 Å². The molecule has 0 saturated carbocycles. The third kappa shape index (κ3) is 3.88. The van der Waals surface area contributed by atoms with Crippen molar-refractivity contribution in [3.05, 3.63) is 11.6 Å². The minimum atomic E-state index is 0.187. The van der Waals surface area contributed by atoms with Crippen LogP contribution in [0.25, 0.3) is 0 Å². The summed E-state index contributed by atoms with van der Waals surface area (Å²) in [6.07, 6.45) is 1.84. The average Bonchev–Trinajstić information content (AvgIpc) is 1.98. The van der Waals surface area contributed by atoms with Crippen molar-refractivity contribution < 1.29 is 5.11 Å². The predicted octanol–water partition coefficient (Wildman–Crippen LogP) is 1.05. The lowest BCUT2D eigenvalue weighted by Gasteiger charge is -2.20. The molecule has 1 unspecified atom stereocenters. The number of halogens is 1. The van der Waals surface area contributed by atoms with Crippen LogP contribution in [0.5, 0.6) is 0 Å². The standard InChI is InChI=1S/C7H14ClNO/c1-7(6-10)9(2)5-3-4-8/h3-4,7,10H,5-6H2,1-2H3/b4-3+. The lowest BCUT2D eigenvalue weighted by molar-refractivity contribution is 0.170. The molecule has 1 atom stereocenters. The van der Waals surface area contributed by atoms with Crippen molar-refractivity contribution in [2.45, 2.75) is 13.0 Å². The Balaban J connectivity index is 3.50. The molecule has 0 heterocycles. The van der Waals surface area contributed by atoms with Gasteiger partial charge in [0.2, 0.25) is 0 Å². The molecule has 0 aliphatic rings. The molecule has 0 aliphatic carbocycles. The molecule has 0 aromatic heterocycles. The van der Waals surface area contributed by atoms with Crippen molar-refractivity contribution in [3.8, 4) is 0 Å². The molecule has 0 aromatic rings. The van der Waals surface area contributed by atoms with Gasteiger partial charge >= 0.3 is 0 Å². The van der Waals surface area contributed by atoms with Crippen molar-refractivity contribution in [1.29, 1.82) is 0 Å². The Labute approximate surface area is 67.1 Å². The molecular formula is C7H14ClNO. The number of likely N-dealkylation sites (N-methyl/N-ethyl adjacent to an activating group) is 1. The second kappa shape index (κ2) is 5.71. The Morgan fingerprint density at radius 1 is 1.70 bits per heavy atom. The van der Waals surface area contributed by atoms with Gasteiger partial charge in [-0.2, -0.15) is 0 Å². The molecule has 0 spiro atoms. The van der Waals surface area contributed by atoms with Crippen LogP contribution in [0.1, 0.15) is 6.92 Å². The van der Waals surface area contributed by atoms with Crippen LogP contribution in [-0.4, -0.2) is 36.2 Å². The molecule has 0 bridgehead atoms. The van der Waals surface area contributed by atoms with Crippen LogP contribution in [0.4, 0.5) is 0 Å². The van der Waals surface area contributed by atoms with E-state index in [1.54, 1.807) is 0 Å². The van der Waals surface area contributed by atoms with Gasteiger partial charge in [-0.3, -0.25) is 4.90 Å². The van der Waals surface area contributed by atoms with Crippen LogP contribution in [-0.2, 0) is 0 Å². The van der Waals surface area contributed by atoms with Gasteiger partial charge in [0, 0.05) is 18.1 Å². The summed E-state index contributed by atoms with van der Waals surface area (Å²) in [6.45, 7) is 2.93. The van der Waals surface area contributed by atoms with Crippen molar-refractivity contribution in [2.75, 3.05) is 20.2 Å². The third-order valence-corrected chi connectivity index (χ3v) is 1.68. The fourth-order valence-electron chi connectivity index (χ4n) is 0.525. The Morgan fingerprint density at radius 2 is 2.30 bits per heavy atom. The summed E-state index contributed by atoms with van der Waals surface area (Å²) in [5.74, 6) is 0. The highest BCUT2D eigenvalue weighted by Gasteiger charge is 2.03. The summed E-state index contributed by atoms with van der Waals surface area (Å²) in [7, 11) is 1.94. The molecule has 0 aliphatic heterocycles. The minimum absolute atomic E-state index is 0.187. The van der Waals surface area contributed by atoms with Crippen LogP contribution in [0.3, 0.4) is 0 Å². The first-order chi connectivity index (χ1) is 4.72. The summed E-state index contributed by atoms with van der Waals surface area (Å²) >= 11 is 5.32. The van der Waals surface area contributed by atoms with Gasteiger partial charge in [0.05, 0.1) is 6.61 Å². The van der Waals surface area contributed by atoms with E-state index in [-0.39, 0.29) is 12.6 Å². The van der Waals surface area contributed by atoms with E-state index in [0.717, 1.165) is 6.54 Å². The molecular weight excluding hydrogens is 150 g/mol. The topological polar surface area (TPSA) is 23.5 Å². The smallest absolute Gasteiger partial charge is 0.0584 e. The normalized spacial score (nSPS) is 14.9. The first-order valence-electron chi connectivity index (χ1n) is 3.28. The van der Waals surface area contributed by atoms with E-state index in [1.807, 2.05) is 24.9 Å². The number of aliphatic hydroxyl groups excluding tert-OH is 1. The van der Waals surface area contributed by atoms with E-state index in [0.29, 0.717) is 0 Å². The van der Waals surface area contributed by atoms with Gasteiger partial charge in [-0.25, -0.2) is 0 Å².